The number of amides is 2. The monoisotopic (exact) mass is 307 g/mol. The summed E-state index contributed by atoms with van der Waals surface area (Å²) in [6.07, 6.45) is 2.28. The number of carbonyl (C=O) groups excluding carboxylic acids is 2. The van der Waals surface area contributed by atoms with Crippen LogP contribution >= 0.6 is 0 Å². The van der Waals surface area contributed by atoms with Crippen LogP contribution in [0.3, 0.4) is 0 Å². The highest BCUT2D eigenvalue weighted by Gasteiger charge is 2.44. The first-order chi connectivity index (χ1) is 10.5. The fourth-order valence-corrected chi connectivity index (χ4v) is 3.23. The number of ether oxygens (including phenoxy) is 1. The third kappa shape index (κ3) is 2.93. The van der Waals surface area contributed by atoms with Gasteiger partial charge in [-0.15, -0.1) is 0 Å². The van der Waals surface area contributed by atoms with E-state index in [4.69, 9.17) is 9.26 Å². The Bertz CT molecular complexity index is 585. The van der Waals surface area contributed by atoms with Crippen molar-refractivity contribution in [2.75, 3.05) is 26.7 Å². The molecule has 1 atom stereocenters. The molecule has 0 aliphatic carbocycles. The number of nitrogens with zero attached hydrogens (tertiary/aromatic N) is 3. The van der Waals surface area contributed by atoms with Gasteiger partial charge in [0.2, 0.25) is 5.91 Å². The second kappa shape index (κ2) is 5.62. The van der Waals surface area contributed by atoms with Crippen molar-refractivity contribution in [3.8, 4) is 0 Å². The molecule has 7 heteroatoms. The number of likely N-dealkylation sites (tertiary alicyclic amines) is 1. The van der Waals surface area contributed by atoms with Gasteiger partial charge in [-0.1, -0.05) is 5.16 Å². The number of carbonyl (C=O) groups is 2. The Hall–Kier alpha value is -2.05. The minimum Gasteiger partial charge on any atom is -0.441 e. The predicted octanol–water partition coefficient (Wildman–Crippen LogP) is 1.36. The molecule has 3 heterocycles. The second-order valence-corrected chi connectivity index (χ2v) is 6.25. The molecule has 1 spiro atoms. The van der Waals surface area contributed by atoms with Crippen molar-refractivity contribution >= 4 is 12.0 Å². The Balaban J connectivity index is 1.60. The molecule has 0 radical (unpaired) electrons. The number of hydrogen-bond donors (Lipinski definition) is 0. The molecule has 0 N–H and O–H groups in total. The second-order valence-electron chi connectivity index (χ2n) is 6.25. The van der Waals surface area contributed by atoms with Gasteiger partial charge < -0.3 is 19.1 Å². The van der Waals surface area contributed by atoms with Gasteiger partial charge in [-0.3, -0.25) is 4.79 Å². The molecular weight excluding hydrogens is 286 g/mol. The predicted molar refractivity (Wildman–Crippen MR) is 77.2 cm³/mol. The van der Waals surface area contributed by atoms with Crippen LogP contribution in [0.4, 0.5) is 4.79 Å². The van der Waals surface area contributed by atoms with Crippen LogP contribution in [0.15, 0.2) is 10.6 Å². The van der Waals surface area contributed by atoms with Crippen LogP contribution in [0.25, 0.3) is 0 Å². The summed E-state index contributed by atoms with van der Waals surface area (Å²) in [5.41, 5.74) is 0.350. The molecule has 2 amide bonds. The first-order valence-electron chi connectivity index (χ1n) is 7.62. The van der Waals surface area contributed by atoms with Crippen LogP contribution in [0.5, 0.6) is 0 Å². The Morgan fingerprint density at radius 2 is 2.23 bits per heavy atom. The van der Waals surface area contributed by atoms with Crippen LogP contribution in [0.2, 0.25) is 0 Å². The van der Waals surface area contributed by atoms with E-state index in [0.717, 1.165) is 18.5 Å². The van der Waals surface area contributed by atoms with E-state index in [1.807, 2.05) is 11.8 Å². The molecule has 3 rings (SSSR count). The third-order valence-corrected chi connectivity index (χ3v) is 4.39. The molecule has 0 bridgehead atoms. The van der Waals surface area contributed by atoms with Crippen LogP contribution < -0.4 is 0 Å². The van der Waals surface area contributed by atoms with E-state index < -0.39 is 5.60 Å². The number of rotatable bonds is 2. The van der Waals surface area contributed by atoms with Crippen LogP contribution in [-0.2, 0) is 16.0 Å². The maximum atomic E-state index is 12.4. The van der Waals surface area contributed by atoms with E-state index in [2.05, 4.69) is 5.16 Å². The lowest BCUT2D eigenvalue weighted by molar-refractivity contribution is -0.130. The summed E-state index contributed by atoms with van der Waals surface area (Å²) in [7, 11) is 1.75. The van der Waals surface area contributed by atoms with Gasteiger partial charge in [0.1, 0.15) is 11.4 Å². The summed E-state index contributed by atoms with van der Waals surface area (Å²) >= 11 is 0. The Labute approximate surface area is 129 Å². The average Bonchev–Trinajstić information content (AvgIpc) is 2.90. The first kappa shape index (κ1) is 14.9. The Morgan fingerprint density at radius 1 is 1.41 bits per heavy atom. The molecule has 120 valence electrons. The van der Waals surface area contributed by atoms with Gasteiger partial charge in [0.15, 0.2) is 0 Å². The van der Waals surface area contributed by atoms with E-state index in [1.165, 1.54) is 0 Å². The molecular formula is C15H21N3O4. The van der Waals surface area contributed by atoms with Crippen molar-refractivity contribution in [2.24, 2.45) is 0 Å². The zero-order chi connectivity index (χ0) is 15.7. The number of likely N-dealkylation sites (N-methyl/N-ethyl adjacent to an activating group) is 1. The average molecular weight is 307 g/mol. The van der Waals surface area contributed by atoms with Crippen molar-refractivity contribution in [1.82, 2.24) is 15.0 Å². The van der Waals surface area contributed by atoms with Gasteiger partial charge in [0.05, 0.1) is 18.7 Å². The van der Waals surface area contributed by atoms with Crippen molar-refractivity contribution < 1.29 is 18.8 Å². The molecule has 2 fully saturated rings. The topological polar surface area (TPSA) is 75.9 Å². The Kier molecular flexibility index (Phi) is 3.80. The summed E-state index contributed by atoms with van der Waals surface area (Å²) in [4.78, 5) is 27.4. The molecule has 1 unspecified atom stereocenters. The van der Waals surface area contributed by atoms with E-state index in [-0.39, 0.29) is 18.4 Å². The third-order valence-electron chi connectivity index (χ3n) is 4.39. The van der Waals surface area contributed by atoms with Gasteiger partial charge in [-0.05, 0) is 19.8 Å². The van der Waals surface area contributed by atoms with E-state index >= 15 is 0 Å². The highest BCUT2D eigenvalue weighted by molar-refractivity contribution is 5.78. The molecule has 22 heavy (non-hydrogen) atoms. The minimum absolute atomic E-state index is 0.0332. The molecule has 2 aliphatic heterocycles. The SMILES string of the molecule is Cc1cc(CC(=O)N2CCCC3(CC2)CN(C)C(=O)O3)on1. The normalized spacial score (nSPS) is 25.5. The molecule has 1 aromatic rings. The zero-order valence-electron chi connectivity index (χ0n) is 13.0. The fourth-order valence-electron chi connectivity index (χ4n) is 3.23. The fraction of sp³-hybridized carbons (Fsp3) is 0.667. The first-order valence-corrected chi connectivity index (χ1v) is 7.62. The van der Waals surface area contributed by atoms with Gasteiger partial charge in [0.25, 0.3) is 0 Å². The molecule has 7 nitrogen and oxygen atoms in total. The number of aromatic nitrogens is 1. The zero-order valence-corrected chi connectivity index (χ0v) is 13.0. The van der Waals surface area contributed by atoms with E-state index in [0.29, 0.717) is 31.8 Å². The minimum atomic E-state index is -0.427. The number of hydrogen-bond acceptors (Lipinski definition) is 5. The van der Waals surface area contributed by atoms with Crippen molar-refractivity contribution in [1.29, 1.82) is 0 Å². The lowest BCUT2D eigenvalue weighted by atomic mass is 9.95. The van der Waals surface area contributed by atoms with Crippen molar-refractivity contribution in [2.45, 2.75) is 38.2 Å². The van der Waals surface area contributed by atoms with Crippen LogP contribution in [0.1, 0.15) is 30.7 Å². The largest absolute Gasteiger partial charge is 0.441 e. The summed E-state index contributed by atoms with van der Waals surface area (Å²) < 4.78 is 10.7. The van der Waals surface area contributed by atoms with Crippen LogP contribution in [0, 0.1) is 6.92 Å². The van der Waals surface area contributed by atoms with Gasteiger partial charge in [-0.2, -0.15) is 0 Å². The maximum absolute atomic E-state index is 12.4. The molecule has 2 aliphatic rings. The highest BCUT2D eigenvalue weighted by Crippen LogP contribution is 2.32. The van der Waals surface area contributed by atoms with Crippen molar-refractivity contribution in [3.05, 3.63) is 17.5 Å². The molecule has 0 saturated carbocycles. The molecule has 1 aromatic heterocycles. The van der Waals surface area contributed by atoms with E-state index in [9.17, 15) is 9.59 Å². The summed E-state index contributed by atoms with van der Waals surface area (Å²) in [5.74, 6) is 0.624. The van der Waals surface area contributed by atoms with Crippen LogP contribution in [-0.4, -0.2) is 59.2 Å². The van der Waals surface area contributed by atoms with E-state index in [1.54, 1.807) is 18.0 Å². The summed E-state index contributed by atoms with van der Waals surface area (Å²) in [5, 5.41) is 3.80. The van der Waals surface area contributed by atoms with Crippen molar-refractivity contribution in [3.63, 3.8) is 0 Å². The number of aryl methyl sites for hydroxylation is 1. The smallest absolute Gasteiger partial charge is 0.410 e. The van der Waals surface area contributed by atoms with Gasteiger partial charge >= 0.3 is 6.09 Å². The lowest BCUT2D eigenvalue weighted by Gasteiger charge is -2.25. The molecule has 0 aromatic carbocycles. The summed E-state index contributed by atoms with van der Waals surface area (Å²) in [6.45, 7) is 3.73. The lowest BCUT2D eigenvalue weighted by Crippen LogP contribution is -2.37. The van der Waals surface area contributed by atoms with Gasteiger partial charge in [0, 0.05) is 32.6 Å². The van der Waals surface area contributed by atoms with Gasteiger partial charge in [-0.25, -0.2) is 4.79 Å². The molecule has 2 saturated heterocycles. The quantitative estimate of drug-likeness (QED) is 0.824. The maximum Gasteiger partial charge on any atom is 0.410 e. The highest BCUT2D eigenvalue weighted by atomic mass is 16.6. The summed E-state index contributed by atoms with van der Waals surface area (Å²) in [6, 6.07) is 1.78. The standard InChI is InChI=1S/C15H21N3O4/c1-11-8-12(22-16-11)9-13(19)18-6-3-4-15(5-7-18)10-17(2)14(20)21-15/h8H,3-7,9-10H2,1-2H3. The Morgan fingerprint density at radius 3 is 2.86 bits per heavy atom.